The van der Waals surface area contributed by atoms with Gasteiger partial charge in [0.2, 0.25) is 0 Å². The number of likely N-dealkylation sites (tertiary alicyclic amines) is 1. The van der Waals surface area contributed by atoms with Crippen molar-refractivity contribution in [3.8, 4) is 0 Å². The van der Waals surface area contributed by atoms with Crippen LogP contribution in [0, 0.1) is 0 Å². The van der Waals surface area contributed by atoms with Crippen molar-refractivity contribution in [1.29, 1.82) is 0 Å². The van der Waals surface area contributed by atoms with Gasteiger partial charge in [0.15, 0.2) is 0 Å². The molecule has 1 unspecified atom stereocenters. The highest BCUT2D eigenvalue weighted by atomic mass is 35.5. The van der Waals surface area contributed by atoms with Gasteiger partial charge in [-0.2, -0.15) is 0 Å². The quantitative estimate of drug-likeness (QED) is 0.552. The number of hydrogen-bond donors (Lipinski definition) is 1. The lowest BCUT2D eigenvalue weighted by Crippen LogP contribution is -2.38. The third kappa shape index (κ3) is 5.51. The lowest BCUT2D eigenvalue weighted by molar-refractivity contribution is 0.122. The molecule has 1 saturated heterocycles. The predicted octanol–water partition coefficient (Wildman–Crippen LogP) is 3.02. The van der Waals surface area contributed by atoms with E-state index in [1.165, 1.54) is 51.5 Å². The van der Waals surface area contributed by atoms with E-state index >= 15 is 0 Å². The Bertz CT molecular complexity index is 166. The summed E-state index contributed by atoms with van der Waals surface area (Å²) in [6.07, 6.45) is 10.0. The van der Waals surface area contributed by atoms with E-state index in [2.05, 4.69) is 4.90 Å². The van der Waals surface area contributed by atoms with Crippen LogP contribution >= 0.6 is 11.6 Å². The lowest BCUT2D eigenvalue weighted by atomic mass is 10.1. The van der Waals surface area contributed by atoms with Crippen LogP contribution in [0.25, 0.3) is 0 Å². The third-order valence-electron chi connectivity index (χ3n) is 3.54. The molecule has 1 aliphatic rings. The predicted molar refractivity (Wildman–Crippen MR) is 70.1 cm³/mol. The van der Waals surface area contributed by atoms with E-state index in [9.17, 15) is 5.11 Å². The summed E-state index contributed by atoms with van der Waals surface area (Å²) in [7, 11) is 0. The number of halogens is 1. The summed E-state index contributed by atoms with van der Waals surface area (Å²) < 4.78 is 0. The largest absolute Gasteiger partial charge is 0.395 e. The van der Waals surface area contributed by atoms with Crippen LogP contribution in [-0.4, -0.2) is 41.6 Å². The zero-order valence-corrected chi connectivity index (χ0v) is 11.1. The van der Waals surface area contributed by atoms with Crippen molar-refractivity contribution in [2.24, 2.45) is 0 Å². The van der Waals surface area contributed by atoms with Crippen LogP contribution in [0.4, 0.5) is 0 Å². The van der Waals surface area contributed by atoms with Gasteiger partial charge in [-0.3, -0.25) is 4.90 Å². The molecule has 0 bridgehead atoms. The van der Waals surface area contributed by atoms with Gasteiger partial charge in [0.25, 0.3) is 0 Å². The van der Waals surface area contributed by atoms with Gasteiger partial charge in [0.05, 0.1) is 6.61 Å². The minimum Gasteiger partial charge on any atom is -0.395 e. The molecule has 1 rings (SSSR count). The second kappa shape index (κ2) is 9.26. The number of aliphatic hydroxyl groups is 1. The number of rotatable bonds is 7. The smallest absolute Gasteiger partial charge is 0.0586 e. The molecule has 0 aliphatic carbocycles. The summed E-state index contributed by atoms with van der Waals surface area (Å²) in [5.41, 5.74) is 0. The molecule has 16 heavy (non-hydrogen) atoms. The maximum absolute atomic E-state index is 9.37. The van der Waals surface area contributed by atoms with Crippen LogP contribution in [0.1, 0.15) is 51.4 Å². The standard InChI is InChI=1S/C13H26ClNO/c14-9-5-1-2-6-10-15-11-7-3-4-8-13(15)12-16/h13,16H,1-12H2. The zero-order chi connectivity index (χ0) is 11.6. The van der Waals surface area contributed by atoms with E-state index in [0.717, 1.165) is 18.8 Å². The van der Waals surface area contributed by atoms with Crippen molar-refractivity contribution in [2.75, 3.05) is 25.6 Å². The molecule has 1 aliphatic heterocycles. The Morgan fingerprint density at radius 3 is 2.62 bits per heavy atom. The molecule has 0 spiro atoms. The van der Waals surface area contributed by atoms with Crippen molar-refractivity contribution in [3.05, 3.63) is 0 Å². The monoisotopic (exact) mass is 247 g/mol. The summed E-state index contributed by atoms with van der Waals surface area (Å²) in [5.74, 6) is 0.795. The van der Waals surface area contributed by atoms with Gasteiger partial charge in [0, 0.05) is 11.9 Å². The Hall–Kier alpha value is 0.210. The number of unbranched alkanes of at least 4 members (excludes halogenated alkanes) is 3. The second-order valence-electron chi connectivity index (χ2n) is 4.82. The summed E-state index contributed by atoms with van der Waals surface area (Å²) in [6, 6.07) is 0.426. The fourth-order valence-corrected chi connectivity index (χ4v) is 2.69. The van der Waals surface area contributed by atoms with E-state index in [0.29, 0.717) is 12.6 Å². The topological polar surface area (TPSA) is 23.5 Å². The van der Waals surface area contributed by atoms with Gasteiger partial charge in [-0.05, 0) is 38.8 Å². The van der Waals surface area contributed by atoms with Crippen LogP contribution in [0.3, 0.4) is 0 Å². The van der Waals surface area contributed by atoms with E-state index in [-0.39, 0.29) is 0 Å². The van der Waals surface area contributed by atoms with Crippen molar-refractivity contribution in [2.45, 2.75) is 57.4 Å². The SMILES string of the molecule is OCC1CCCCCN1CCCCCCCl. The van der Waals surface area contributed by atoms with Gasteiger partial charge in [0.1, 0.15) is 0 Å². The Kier molecular flexibility index (Phi) is 8.26. The minimum atomic E-state index is 0.335. The van der Waals surface area contributed by atoms with Crippen LogP contribution in [0.15, 0.2) is 0 Å². The molecule has 0 aromatic rings. The van der Waals surface area contributed by atoms with Crippen molar-refractivity contribution >= 4 is 11.6 Å². The van der Waals surface area contributed by atoms with Crippen molar-refractivity contribution in [1.82, 2.24) is 4.90 Å². The Balaban J connectivity index is 2.15. The van der Waals surface area contributed by atoms with Gasteiger partial charge in [-0.1, -0.05) is 25.7 Å². The number of alkyl halides is 1. The average Bonchev–Trinajstić information content (AvgIpc) is 2.53. The molecule has 0 amide bonds. The lowest BCUT2D eigenvalue weighted by Gasteiger charge is -2.28. The van der Waals surface area contributed by atoms with Crippen LogP contribution in [-0.2, 0) is 0 Å². The van der Waals surface area contributed by atoms with Crippen LogP contribution in [0.2, 0.25) is 0 Å². The molecule has 2 nitrogen and oxygen atoms in total. The molecule has 1 atom stereocenters. The minimum absolute atomic E-state index is 0.335. The Morgan fingerprint density at radius 1 is 1.06 bits per heavy atom. The normalized spacial score (nSPS) is 23.2. The molecule has 1 fully saturated rings. The van der Waals surface area contributed by atoms with Crippen molar-refractivity contribution < 1.29 is 5.11 Å². The van der Waals surface area contributed by atoms with E-state index in [4.69, 9.17) is 11.6 Å². The van der Waals surface area contributed by atoms with Gasteiger partial charge in [-0.25, -0.2) is 0 Å². The van der Waals surface area contributed by atoms with Gasteiger partial charge in [-0.15, -0.1) is 11.6 Å². The highest BCUT2D eigenvalue weighted by molar-refractivity contribution is 6.17. The molecule has 96 valence electrons. The molecule has 1 heterocycles. The van der Waals surface area contributed by atoms with E-state index in [1.807, 2.05) is 0 Å². The third-order valence-corrected chi connectivity index (χ3v) is 3.81. The maximum atomic E-state index is 9.37. The first-order valence-electron chi connectivity index (χ1n) is 6.79. The molecule has 0 radical (unpaired) electrons. The van der Waals surface area contributed by atoms with Gasteiger partial charge < -0.3 is 5.11 Å². The molecule has 0 aromatic heterocycles. The summed E-state index contributed by atoms with van der Waals surface area (Å²) in [6.45, 7) is 2.68. The summed E-state index contributed by atoms with van der Waals surface area (Å²) in [5, 5.41) is 9.37. The van der Waals surface area contributed by atoms with E-state index in [1.54, 1.807) is 0 Å². The highest BCUT2D eigenvalue weighted by Gasteiger charge is 2.19. The first kappa shape index (κ1) is 14.3. The first-order chi connectivity index (χ1) is 7.88. The highest BCUT2D eigenvalue weighted by Crippen LogP contribution is 2.17. The summed E-state index contributed by atoms with van der Waals surface area (Å²) >= 11 is 5.65. The molecule has 1 N–H and O–H groups in total. The number of hydrogen-bond acceptors (Lipinski definition) is 2. The van der Waals surface area contributed by atoms with Crippen molar-refractivity contribution in [3.63, 3.8) is 0 Å². The molecule has 3 heteroatoms. The number of aliphatic hydroxyl groups excluding tert-OH is 1. The second-order valence-corrected chi connectivity index (χ2v) is 5.20. The molecule has 0 aromatic carbocycles. The Labute approximate surface area is 105 Å². The average molecular weight is 248 g/mol. The number of nitrogens with zero attached hydrogens (tertiary/aromatic N) is 1. The maximum Gasteiger partial charge on any atom is 0.0586 e. The molecule has 0 saturated carbocycles. The Morgan fingerprint density at radius 2 is 1.88 bits per heavy atom. The van der Waals surface area contributed by atoms with Crippen LogP contribution < -0.4 is 0 Å². The van der Waals surface area contributed by atoms with Crippen LogP contribution in [0.5, 0.6) is 0 Å². The van der Waals surface area contributed by atoms with Gasteiger partial charge >= 0.3 is 0 Å². The van der Waals surface area contributed by atoms with E-state index < -0.39 is 0 Å². The fourth-order valence-electron chi connectivity index (χ4n) is 2.50. The molecular formula is C13H26ClNO. The fraction of sp³-hybridized carbons (Fsp3) is 1.00. The zero-order valence-electron chi connectivity index (χ0n) is 10.3. The molecular weight excluding hydrogens is 222 g/mol. The first-order valence-corrected chi connectivity index (χ1v) is 7.33. The summed E-state index contributed by atoms with van der Waals surface area (Å²) in [4.78, 5) is 2.49.